The Morgan fingerprint density at radius 3 is 2.37 bits per heavy atom. The molecule has 0 amide bonds. The number of fused-ring (bicyclic) bond motifs is 3. The number of nitriles is 1. The van der Waals surface area contributed by atoms with Crippen LogP contribution in [0.5, 0.6) is 5.75 Å². The van der Waals surface area contributed by atoms with E-state index >= 15 is 0 Å². The number of halogens is 3. The fourth-order valence-corrected chi connectivity index (χ4v) is 6.91. The van der Waals surface area contributed by atoms with E-state index in [9.17, 15) is 28.3 Å². The summed E-state index contributed by atoms with van der Waals surface area (Å²) in [6.07, 6.45) is 2.93. The lowest BCUT2D eigenvalue weighted by atomic mass is 9.78. The number of benzene rings is 2. The number of hydrogen-bond donors (Lipinski definition) is 1. The second kappa shape index (κ2) is 11.1. The van der Waals surface area contributed by atoms with Crippen LogP contribution in [-0.2, 0) is 11.2 Å². The number of carboxylic acid groups (broad SMARTS) is 1. The number of alkyl halides is 3. The van der Waals surface area contributed by atoms with Crippen molar-refractivity contribution in [2.75, 3.05) is 6.54 Å². The third-order valence-electron chi connectivity index (χ3n) is 8.95. The van der Waals surface area contributed by atoms with Gasteiger partial charge in [-0.3, -0.25) is 9.69 Å². The summed E-state index contributed by atoms with van der Waals surface area (Å²) in [6.45, 7) is 0.939. The first-order valence-electron chi connectivity index (χ1n) is 13.9. The molecule has 1 aliphatic carbocycles. The van der Waals surface area contributed by atoms with Crippen molar-refractivity contribution < 1.29 is 27.8 Å². The Bertz CT molecular complexity index is 1190. The zero-order chi connectivity index (χ0) is 26.9. The number of rotatable bonds is 7. The van der Waals surface area contributed by atoms with Gasteiger partial charge >= 0.3 is 12.1 Å². The number of aryl methyl sites for hydroxylation is 1. The summed E-state index contributed by atoms with van der Waals surface area (Å²) in [5.41, 5.74) is 1.56. The van der Waals surface area contributed by atoms with Gasteiger partial charge in [0.1, 0.15) is 17.4 Å². The normalized spacial score (nSPS) is 28.1. The summed E-state index contributed by atoms with van der Waals surface area (Å²) in [5.74, 6) is -1.70. The average molecular weight is 529 g/mol. The molecule has 0 spiro atoms. The van der Waals surface area contributed by atoms with Gasteiger partial charge in [-0.05, 0) is 93.8 Å². The van der Waals surface area contributed by atoms with E-state index < -0.39 is 18.1 Å². The second-order valence-electron chi connectivity index (χ2n) is 11.3. The van der Waals surface area contributed by atoms with Gasteiger partial charge in [0, 0.05) is 17.5 Å². The number of piperidine rings is 2. The van der Waals surface area contributed by atoms with Crippen LogP contribution in [0.1, 0.15) is 75.3 Å². The number of ether oxygens (including phenoxy) is 1. The largest absolute Gasteiger partial charge is 0.489 e. The topological polar surface area (TPSA) is 73.6 Å². The monoisotopic (exact) mass is 528 g/mol. The van der Waals surface area contributed by atoms with E-state index in [1.807, 2.05) is 18.2 Å². The summed E-state index contributed by atoms with van der Waals surface area (Å²) >= 11 is 0. The fourth-order valence-electron chi connectivity index (χ4n) is 6.91. The van der Waals surface area contributed by atoms with Crippen LogP contribution in [0, 0.1) is 23.2 Å². The van der Waals surface area contributed by atoms with Crippen LogP contribution >= 0.6 is 0 Å². The van der Waals surface area contributed by atoms with Gasteiger partial charge < -0.3 is 9.84 Å². The number of carboxylic acids is 1. The Hall–Kier alpha value is -2.79. The molecule has 2 aromatic carbocycles. The van der Waals surface area contributed by atoms with E-state index in [0.717, 1.165) is 61.4 Å². The highest BCUT2D eigenvalue weighted by atomic mass is 19.4. The minimum absolute atomic E-state index is 0.0590. The predicted octanol–water partition coefficient (Wildman–Crippen LogP) is 6.86. The molecular weight excluding hydrogens is 493 g/mol. The maximum absolute atomic E-state index is 13.0. The summed E-state index contributed by atoms with van der Waals surface area (Å²) in [7, 11) is 0. The molecule has 2 bridgehead atoms. The highest BCUT2D eigenvalue weighted by Crippen LogP contribution is 2.40. The van der Waals surface area contributed by atoms with Crippen LogP contribution in [0.2, 0.25) is 0 Å². The Balaban J connectivity index is 1.23. The van der Waals surface area contributed by atoms with Crippen molar-refractivity contribution in [2.24, 2.45) is 11.8 Å². The maximum atomic E-state index is 13.0. The Morgan fingerprint density at radius 2 is 1.74 bits per heavy atom. The van der Waals surface area contributed by atoms with Crippen molar-refractivity contribution in [3.63, 3.8) is 0 Å². The molecule has 0 radical (unpaired) electrons. The summed E-state index contributed by atoms with van der Waals surface area (Å²) in [6, 6.07) is 12.8. The Labute approximate surface area is 221 Å². The van der Waals surface area contributed by atoms with Crippen molar-refractivity contribution in [2.45, 2.75) is 95.0 Å². The maximum Gasteiger partial charge on any atom is 0.391 e. The summed E-state index contributed by atoms with van der Waals surface area (Å²) in [5, 5.41) is 21.2. The van der Waals surface area contributed by atoms with E-state index in [1.54, 1.807) is 6.07 Å². The molecule has 3 aliphatic rings. The molecule has 5 rings (SSSR count). The lowest BCUT2D eigenvalue weighted by Crippen LogP contribution is -2.53. The highest BCUT2D eigenvalue weighted by Gasteiger charge is 2.42. The van der Waals surface area contributed by atoms with Crippen molar-refractivity contribution in [3.05, 3.63) is 41.5 Å². The molecule has 2 heterocycles. The molecule has 2 saturated heterocycles. The third-order valence-corrected chi connectivity index (χ3v) is 8.95. The molecule has 5 nitrogen and oxygen atoms in total. The molecule has 204 valence electrons. The SMILES string of the molecule is N#Cc1c(O[C@H]2CC[C@@H](C(F)(F)F)CC2)ccc2ccc(CCCN3C4CCCC3CC(C(=O)O)C4)cc12. The van der Waals surface area contributed by atoms with E-state index in [0.29, 0.717) is 36.2 Å². The van der Waals surface area contributed by atoms with Crippen LogP contribution in [0.4, 0.5) is 13.2 Å². The van der Waals surface area contributed by atoms with Crippen molar-refractivity contribution in [1.29, 1.82) is 5.26 Å². The summed E-state index contributed by atoms with van der Waals surface area (Å²) in [4.78, 5) is 14.1. The lowest BCUT2D eigenvalue weighted by molar-refractivity contribution is -0.185. The van der Waals surface area contributed by atoms with E-state index in [4.69, 9.17) is 4.74 Å². The Morgan fingerprint density at radius 1 is 1.05 bits per heavy atom. The van der Waals surface area contributed by atoms with E-state index in [1.165, 1.54) is 6.42 Å². The van der Waals surface area contributed by atoms with Gasteiger partial charge in [0.15, 0.2) is 0 Å². The molecule has 2 aromatic rings. The number of carbonyl (C=O) groups is 1. The van der Waals surface area contributed by atoms with Crippen LogP contribution in [0.25, 0.3) is 10.8 Å². The molecule has 8 heteroatoms. The van der Waals surface area contributed by atoms with Gasteiger partial charge in [-0.25, -0.2) is 0 Å². The minimum atomic E-state index is -4.16. The zero-order valence-corrected chi connectivity index (χ0v) is 21.6. The molecule has 2 unspecified atom stereocenters. The van der Waals surface area contributed by atoms with Gasteiger partial charge in [-0.15, -0.1) is 0 Å². The molecule has 0 aromatic heterocycles. The van der Waals surface area contributed by atoms with Crippen LogP contribution in [0.15, 0.2) is 30.3 Å². The first-order chi connectivity index (χ1) is 18.2. The molecule has 1 saturated carbocycles. The number of aliphatic carboxylic acids is 1. The summed E-state index contributed by atoms with van der Waals surface area (Å²) < 4.78 is 45.1. The van der Waals surface area contributed by atoms with E-state index in [2.05, 4.69) is 17.0 Å². The van der Waals surface area contributed by atoms with Crippen LogP contribution < -0.4 is 4.74 Å². The Kier molecular flexibility index (Phi) is 7.85. The smallest absolute Gasteiger partial charge is 0.391 e. The predicted molar refractivity (Wildman–Crippen MR) is 138 cm³/mol. The first kappa shape index (κ1) is 26.8. The third kappa shape index (κ3) is 5.78. The van der Waals surface area contributed by atoms with Crippen molar-refractivity contribution >= 4 is 16.7 Å². The molecule has 1 N–H and O–H groups in total. The zero-order valence-electron chi connectivity index (χ0n) is 21.6. The highest BCUT2D eigenvalue weighted by molar-refractivity contribution is 5.90. The fraction of sp³-hybridized carbons (Fsp3) is 0.600. The number of nitrogens with zero attached hydrogens (tertiary/aromatic N) is 2. The first-order valence-corrected chi connectivity index (χ1v) is 13.9. The quantitative estimate of drug-likeness (QED) is 0.425. The second-order valence-corrected chi connectivity index (χ2v) is 11.3. The average Bonchev–Trinajstić information content (AvgIpc) is 2.88. The van der Waals surface area contributed by atoms with Gasteiger partial charge in [-0.1, -0.05) is 24.6 Å². The van der Waals surface area contributed by atoms with Crippen LogP contribution in [0.3, 0.4) is 0 Å². The molecule has 2 aliphatic heterocycles. The molecule has 2 atom stereocenters. The molecular formula is C30H35F3N2O3. The molecule has 3 fully saturated rings. The standard InChI is InChI=1S/C30H35F3N2O3/c31-30(32,33)22-9-11-25(12-10-22)38-28-13-8-20-7-6-19(15-26(20)27(28)18-34)3-2-14-35-23-4-1-5-24(35)17-21(16-23)29(36)37/h6-8,13,15,21-25H,1-5,9-12,14,16-17H2,(H,36,37)/t21?,22-,23?,24?,25+. The molecule has 38 heavy (non-hydrogen) atoms. The van der Waals surface area contributed by atoms with Gasteiger partial charge in [0.25, 0.3) is 0 Å². The van der Waals surface area contributed by atoms with Crippen LogP contribution in [-0.4, -0.2) is 46.9 Å². The number of hydrogen-bond acceptors (Lipinski definition) is 4. The van der Waals surface area contributed by atoms with Gasteiger partial charge in [-0.2, -0.15) is 18.4 Å². The van der Waals surface area contributed by atoms with E-state index in [-0.39, 0.29) is 24.9 Å². The lowest BCUT2D eigenvalue weighted by Gasteiger charge is -2.48. The van der Waals surface area contributed by atoms with Crippen molar-refractivity contribution in [3.8, 4) is 11.8 Å². The van der Waals surface area contributed by atoms with Crippen molar-refractivity contribution in [1.82, 2.24) is 4.90 Å². The van der Waals surface area contributed by atoms with Gasteiger partial charge in [0.05, 0.1) is 17.9 Å². The van der Waals surface area contributed by atoms with Gasteiger partial charge in [0.2, 0.25) is 0 Å². The minimum Gasteiger partial charge on any atom is -0.489 e.